The zero-order valence-corrected chi connectivity index (χ0v) is 17.3. The van der Waals surface area contributed by atoms with Crippen LogP contribution in [0.4, 0.5) is 13.2 Å². The Hall–Kier alpha value is -3.69. The van der Waals surface area contributed by atoms with Crippen LogP contribution in [0.3, 0.4) is 0 Å². The third-order valence-electron chi connectivity index (χ3n) is 4.99. The molecule has 0 fully saturated rings. The van der Waals surface area contributed by atoms with Crippen LogP contribution in [0.1, 0.15) is 23.1 Å². The molecule has 0 unspecified atom stereocenters. The minimum atomic E-state index is -0.900. The third kappa shape index (κ3) is 4.79. The van der Waals surface area contributed by atoms with Gasteiger partial charge in [-0.1, -0.05) is 24.0 Å². The van der Waals surface area contributed by atoms with E-state index in [2.05, 4.69) is 21.8 Å². The number of aromatic nitrogens is 2. The number of hydrogen-bond donors (Lipinski definition) is 0. The van der Waals surface area contributed by atoms with Crippen molar-refractivity contribution in [3.05, 3.63) is 95.1 Å². The molecule has 0 spiro atoms. The molecule has 3 nitrogen and oxygen atoms in total. The summed E-state index contributed by atoms with van der Waals surface area (Å²) in [7, 11) is 1.66. The number of aryl methyl sites for hydroxylation is 1. The van der Waals surface area contributed by atoms with Crippen molar-refractivity contribution in [3.63, 3.8) is 0 Å². The van der Waals surface area contributed by atoms with Gasteiger partial charge in [-0.3, -0.25) is 0 Å². The first-order chi connectivity index (χ1) is 15.5. The fraction of sp³-hybridized carbons (Fsp3) is 0.154. The Morgan fingerprint density at radius 1 is 0.875 bits per heavy atom. The Morgan fingerprint density at radius 3 is 2.44 bits per heavy atom. The van der Waals surface area contributed by atoms with Gasteiger partial charge in [-0.05, 0) is 60.2 Å². The molecule has 0 saturated carbocycles. The normalized spacial score (nSPS) is 10.8. The van der Waals surface area contributed by atoms with E-state index in [1.165, 1.54) is 18.2 Å². The van der Waals surface area contributed by atoms with Gasteiger partial charge in [0.15, 0.2) is 17.5 Å². The zero-order valence-electron chi connectivity index (χ0n) is 17.3. The smallest absolute Gasteiger partial charge is 0.166 e. The van der Waals surface area contributed by atoms with Crippen molar-refractivity contribution in [2.75, 3.05) is 13.7 Å². The number of fused-ring (bicyclic) bond motifs is 1. The van der Waals surface area contributed by atoms with Gasteiger partial charge >= 0.3 is 0 Å². The van der Waals surface area contributed by atoms with Crippen LogP contribution in [-0.2, 0) is 11.2 Å². The van der Waals surface area contributed by atoms with Crippen LogP contribution < -0.4 is 0 Å². The number of halogens is 3. The molecular formula is C26H19F3N2O. The predicted molar refractivity (Wildman–Crippen MR) is 117 cm³/mol. The van der Waals surface area contributed by atoms with Crippen molar-refractivity contribution in [3.8, 4) is 23.2 Å². The summed E-state index contributed by atoms with van der Waals surface area (Å²) >= 11 is 0. The van der Waals surface area contributed by atoms with Gasteiger partial charge in [0.05, 0.1) is 5.56 Å². The molecule has 0 radical (unpaired) electrons. The monoisotopic (exact) mass is 432 g/mol. The Balaban J connectivity index is 1.53. The highest BCUT2D eigenvalue weighted by Gasteiger charge is 2.08. The van der Waals surface area contributed by atoms with Gasteiger partial charge in [0, 0.05) is 42.6 Å². The van der Waals surface area contributed by atoms with Crippen LogP contribution in [0.15, 0.2) is 60.9 Å². The van der Waals surface area contributed by atoms with E-state index in [1.807, 2.05) is 0 Å². The van der Waals surface area contributed by atoms with E-state index in [1.54, 1.807) is 43.8 Å². The average Bonchev–Trinajstić information content (AvgIpc) is 2.81. The summed E-state index contributed by atoms with van der Waals surface area (Å²) in [5.74, 6) is 3.81. The molecule has 0 bridgehead atoms. The Bertz CT molecular complexity index is 1320. The fourth-order valence-electron chi connectivity index (χ4n) is 3.29. The van der Waals surface area contributed by atoms with Crippen LogP contribution in [0, 0.1) is 29.3 Å². The summed E-state index contributed by atoms with van der Waals surface area (Å²) < 4.78 is 46.8. The second-order valence-electron chi connectivity index (χ2n) is 7.25. The molecule has 0 atom stereocenters. The molecule has 0 aliphatic rings. The number of nitrogens with zero attached hydrogens (tertiary/aromatic N) is 2. The summed E-state index contributed by atoms with van der Waals surface area (Å²) in [5.41, 5.74) is 2.33. The lowest BCUT2D eigenvalue weighted by Crippen LogP contribution is -1.96. The molecule has 4 rings (SSSR count). The second kappa shape index (κ2) is 9.63. The first-order valence-electron chi connectivity index (χ1n) is 10.0. The van der Waals surface area contributed by atoms with Crippen LogP contribution in [0.2, 0.25) is 0 Å². The highest BCUT2D eigenvalue weighted by Crippen LogP contribution is 2.22. The number of rotatable bonds is 5. The summed E-state index contributed by atoms with van der Waals surface area (Å²) in [5, 5.41) is 0.699. The highest BCUT2D eigenvalue weighted by atomic mass is 19.2. The lowest BCUT2D eigenvalue weighted by Gasteiger charge is -2.04. The highest BCUT2D eigenvalue weighted by molar-refractivity contribution is 5.84. The molecule has 0 saturated heterocycles. The lowest BCUT2D eigenvalue weighted by molar-refractivity contribution is 0.195. The molecule has 1 aromatic heterocycles. The van der Waals surface area contributed by atoms with Gasteiger partial charge in [-0.2, -0.15) is 0 Å². The predicted octanol–water partition coefficient (Wildman–Crippen LogP) is 5.69. The summed E-state index contributed by atoms with van der Waals surface area (Å²) in [6, 6.07) is 11.9. The van der Waals surface area contributed by atoms with Crippen LogP contribution in [0.5, 0.6) is 0 Å². The molecular weight excluding hydrogens is 413 g/mol. The van der Waals surface area contributed by atoms with Gasteiger partial charge in [0.1, 0.15) is 5.82 Å². The van der Waals surface area contributed by atoms with E-state index in [-0.39, 0.29) is 10.9 Å². The number of methoxy groups -OCH3 is 1. The van der Waals surface area contributed by atoms with Gasteiger partial charge in [0.25, 0.3) is 0 Å². The molecule has 160 valence electrons. The van der Waals surface area contributed by atoms with Crippen molar-refractivity contribution in [2.45, 2.75) is 12.8 Å². The SMILES string of the molecule is COCCCc1cnc(-c2ccc(C#Cc3ccc4c(F)c(F)ccc4c3)c(F)c2)nc1. The van der Waals surface area contributed by atoms with E-state index in [9.17, 15) is 13.2 Å². The van der Waals surface area contributed by atoms with Crippen LogP contribution in [0.25, 0.3) is 22.2 Å². The van der Waals surface area contributed by atoms with Crippen molar-refractivity contribution in [1.82, 2.24) is 9.97 Å². The first-order valence-corrected chi connectivity index (χ1v) is 10.0. The van der Waals surface area contributed by atoms with Crippen molar-refractivity contribution in [1.29, 1.82) is 0 Å². The van der Waals surface area contributed by atoms with Gasteiger partial charge in [-0.15, -0.1) is 0 Å². The van der Waals surface area contributed by atoms with E-state index in [0.717, 1.165) is 24.5 Å². The van der Waals surface area contributed by atoms with Gasteiger partial charge in [-0.25, -0.2) is 23.1 Å². The molecule has 0 aliphatic carbocycles. The minimum absolute atomic E-state index is 0.177. The molecule has 6 heteroatoms. The Morgan fingerprint density at radius 2 is 1.69 bits per heavy atom. The fourth-order valence-corrected chi connectivity index (χ4v) is 3.29. The summed E-state index contributed by atoms with van der Waals surface area (Å²) in [6.45, 7) is 0.671. The number of ether oxygens (including phenoxy) is 1. The Labute approximate surface area is 183 Å². The van der Waals surface area contributed by atoms with E-state index >= 15 is 0 Å². The Kier molecular flexibility index (Phi) is 6.48. The third-order valence-corrected chi connectivity index (χ3v) is 4.99. The summed E-state index contributed by atoms with van der Waals surface area (Å²) in [6.07, 6.45) is 5.16. The van der Waals surface area contributed by atoms with E-state index in [4.69, 9.17) is 4.74 Å². The molecule has 4 aromatic rings. The van der Waals surface area contributed by atoms with Gasteiger partial charge < -0.3 is 4.74 Å². The van der Waals surface area contributed by atoms with Crippen molar-refractivity contribution < 1.29 is 17.9 Å². The largest absolute Gasteiger partial charge is 0.385 e. The topological polar surface area (TPSA) is 35.0 Å². The molecule has 0 N–H and O–H groups in total. The molecule has 32 heavy (non-hydrogen) atoms. The standard InChI is InChI=1S/C26H19F3N2O/c1-32-12-2-3-18-15-30-26(31-16-18)21-8-7-19(24(28)14-21)6-4-17-5-10-22-20(13-17)9-11-23(27)25(22)29/h5,7-11,13-16H,2-3,12H2,1H3. The number of benzene rings is 3. The number of hydrogen-bond acceptors (Lipinski definition) is 3. The molecule has 1 heterocycles. The van der Waals surface area contributed by atoms with Crippen molar-refractivity contribution >= 4 is 10.8 Å². The minimum Gasteiger partial charge on any atom is -0.385 e. The first kappa shape index (κ1) is 21.5. The lowest BCUT2D eigenvalue weighted by atomic mass is 10.1. The maximum absolute atomic E-state index is 14.6. The zero-order chi connectivity index (χ0) is 22.5. The van der Waals surface area contributed by atoms with E-state index < -0.39 is 17.5 Å². The summed E-state index contributed by atoms with van der Waals surface area (Å²) in [4.78, 5) is 8.64. The molecule has 0 amide bonds. The molecule has 0 aliphatic heterocycles. The second-order valence-corrected chi connectivity index (χ2v) is 7.25. The molecule has 3 aromatic carbocycles. The maximum atomic E-state index is 14.6. The van der Waals surface area contributed by atoms with E-state index in [0.29, 0.717) is 28.9 Å². The van der Waals surface area contributed by atoms with Crippen LogP contribution >= 0.6 is 0 Å². The average molecular weight is 432 g/mol. The maximum Gasteiger partial charge on any atom is 0.166 e. The van der Waals surface area contributed by atoms with Gasteiger partial charge in [0.2, 0.25) is 0 Å². The van der Waals surface area contributed by atoms with Crippen LogP contribution in [-0.4, -0.2) is 23.7 Å². The quantitative estimate of drug-likeness (QED) is 0.300. The van der Waals surface area contributed by atoms with Crippen molar-refractivity contribution in [2.24, 2.45) is 0 Å².